The Morgan fingerprint density at radius 1 is 1.47 bits per heavy atom. The fourth-order valence-corrected chi connectivity index (χ4v) is 1.60. The molecule has 3 N–H and O–H groups in total. The minimum Gasteiger partial charge on any atom is -0.494 e. The maximum atomic E-state index is 8.91. The third-order valence-electron chi connectivity index (χ3n) is 2.40. The number of ether oxygens (including phenoxy) is 1. The summed E-state index contributed by atoms with van der Waals surface area (Å²) in [6, 6.07) is 7.91. The van der Waals surface area contributed by atoms with Crippen LogP contribution in [0.4, 0.5) is 0 Å². The average Bonchev–Trinajstić information content (AvgIpc) is 2.27. The van der Waals surface area contributed by atoms with Crippen molar-refractivity contribution in [2.75, 3.05) is 19.8 Å². The highest BCUT2D eigenvalue weighted by molar-refractivity contribution is 5.31. The van der Waals surface area contributed by atoms with E-state index >= 15 is 0 Å². The molecular formula is C12H19NO2. The van der Waals surface area contributed by atoms with Gasteiger partial charge in [-0.05, 0) is 43.5 Å². The first kappa shape index (κ1) is 12.0. The zero-order valence-electron chi connectivity index (χ0n) is 9.15. The molecule has 0 aliphatic heterocycles. The standard InChI is InChI=1S/C12H19NO2/c1-2-15-12-5-3-4-10(8-12)11(9-13)6-7-14/h3-5,8,11,14H,2,6-7,9,13H2,1H3. The normalized spacial score (nSPS) is 12.5. The van der Waals surface area contributed by atoms with Crippen molar-refractivity contribution < 1.29 is 9.84 Å². The van der Waals surface area contributed by atoms with Gasteiger partial charge in [-0.3, -0.25) is 0 Å². The summed E-state index contributed by atoms with van der Waals surface area (Å²) < 4.78 is 5.42. The van der Waals surface area contributed by atoms with Gasteiger partial charge < -0.3 is 15.6 Å². The van der Waals surface area contributed by atoms with Crippen molar-refractivity contribution in [3.63, 3.8) is 0 Å². The van der Waals surface area contributed by atoms with Crippen molar-refractivity contribution >= 4 is 0 Å². The van der Waals surface area contributed by atoms with Crippen molar-refractivity contribution in [3.05, 3.63) is 29.8 Å². The third-order valence-corrected chi connectivity index (χ3v) is 2.40. The van der Waals surface area contributed by atoms with E-state index in [4.69, 9.17) is 15.6 Å². The van der Waals surface area contributed by atoms with Crippen LogP contribution in [-0.4, -0.2) is 24.9 Å². The second-order valence-electron chi connectivity index (χ2n) is 3.45. The van der Waals surface area contributed by atoms with Gasteiger partial charge in [0.1, 0.15) is 5.75 Å². The van der Waals surface area contributed by atoms with E-state index < -0.39 is 0 Å². The Kier molecular flexibility index (Phi) is 5.15. The molecule has 1 aromatic rings. The van der Waals surface area contributed by atoms with Gasteiger partial charge in [0.15, 0.2) is 0 Å². The van der Waals surface area contributed by atoms with Gasteiger partial charge in [0, 0.05) is 6.61 Å². The summed E-state index contributed by atoms with van der Waals surface area (Å²) in [7, 11) is 0. The lowest BCUT2D eigenvalue weighted by Gasteiger charge is -2.14. The minimum atomic E-state index is 0.167. The van der Waals surface area contributed by atoms with Crippen molar-refractivity contribution in [1.29, 1.82) is 0 Å². The van der Waals surface area contributed by atoms with Crippen LogP contribution >= 0.6 is 0 Å². The van der Waals surface area contributed by atoms with Crippen LogP contribution in [0.1, 0.15) is 24.8 Å². The summed E-state index contributed by atoms with van der Waals surface area (Å²) in [4.78, 5) is 0. The van der Waals surface area contributed by atoms with E-state index in [0.717, 1.165) is 11.3 Å². The molecule has 0 aliphatic carbocycles. The van der Waals surface area contributed by atoms with Gasteiger partial charge >= 0.3 is 0 Å². The lowest BCUT2D eigenvalue weighted by molar-refractivity contribution is 0.276. The van der Waals surface area contributed by atoms with Crippen molar-refractivity contribution in [1.82, 2.24) is 0 Å². The average molecular weight is 209 g/mol. The minimum absolute atomic E-state index is 0.167. The highest BCUT2D eigenvalue weighted by Crippen LogP contribution is 2.22. The van der Waals surface area contributed by atoms with Crippen LogP contribution in [0.15, 0.2) is 24.3 Å². The number of benzene rings is 1. The molecule has 1 unspecified atom stereocenters. The molecule has 0 radical (unpaired) electrons. The molecule has 0 amide bonds. The lowest BCUT2D eigenvalue weighted by Crippen LogP contribution is -2.14. The molecule has 15 heavy (non-hydrogen) atoms. The van der Waals surface area contributed by atoms with E-state index in [9.17, 15) is 0 Å². The zero-order chi connectivity index (χ0) is 11.1. The molecule has 0 fully saturated rings. The molecule has 1 rings (SSSR count). The van der Waals surface area contributed by atoms with Gasteiger partial charge in [-0.15, -0.1) is 0 Å². The summed E-state index contributed by atoms with van der Waals surface area (Å²) >= 11 is 0. The SMILES string of the molecule is CCOc1cccc(C(CN)CCO)c1. The number of aliphatic hydroxyl groups is 1. The van der Waals surface area contributed by atoms with Crippen molar-refractivity contribution in [2.45, 2.75) is 19.3 Å². The number of hydrogen-bond donors (Lipinski definition) is 2. The fourth-order valence-electron chi connectivity index (χ4n) is 1.60. The molecule has 0 aliphatic rings. The largest absolute Gasteiger partial charge is 0.494 e. The Morgan fingerprint density at radius 2 is 2.27 bits per heavy atom. The summed E-state index contributed by atoms with van der Waals surface area (Å²) in [6.07, 6.45) is 0.700. The summed E-state index contributed by atoms with van der Waals surface area (Å²) in [5, 5.41) is 8.91. The number of hydrogen-bond acceptors (Lipinski definition) is 3. The predicted octanol–water partition coefficient (Wildman–Crippen LogP) is 1.51. The van der Waals surface area contributed by atoms with E-state index in [1.54, 1.807) is 0 Å². The topological polar surface area (TPSA) is 55.5 Å². The first-order chi connectivity index (χ1) is 7.31. The van der Waals surface area contributed by atoms with Gasteiger partial charge in [-0.25, -0.2) is 0 Å². The Labute approximate surface area is 90.9 Å². The molecule has 0 aromatic heterocycles. The summed E-state index contributed by atoms with van der Waals surface area (Å²) in [6.45, 7) is 3.34. The highest BCUT2D eigenvalue weighted by Gasteiger charge is 2.09. The molecule has 3 nitrogen and oxygen atoms in total. The van der Waals surface area contributed by atoms with Crippen LogP contribution < -0.4 is 10.5 Å². The zero-order valence-corrected chi connectivity index (χ0v) is 9.15. The van der Waals surface area contributed by atoms with Crippen molar-refractivity contribution in [2.24, 2.45) is 5.73 Å². The van der Waals surface area contributed by atoms with E-state index in [1.807, 2.05) is 31.2 Å². The first-order valence-corrected chi connectivity index (χ1v) is 5.35. The predicted molar refractivity (Wildman–Crippen MR) is 61.1 cm³/mol. The molecule has 0 saturated carbocycles. The third kappa shape index (κ3) is 3.53. The van der Waals surface area contributed by atoms with Gasteiger partial charge in [0.05, 0.1) is 6.61 Å². The second kappa shape index (κ2) is 6.43. The van der Waals surface area contributed by atoms with E-state index in [0.29, 0.717) is 19.6 Å². The molecule has 0 saturated heterocycles. The summed E-state index contributed by atoms with van der Waals surface area (Å²) in [5.74, 6) is 1.08. The fraction of sp³-hybridized carbons (Fsp3) is 0.500. The molecule has 84 valence electrons. The van der Waals surface area contributed by atoms with Crippen LogP contribution in [0.3, 0.4) is 0 Å². The van der Waals surface area contributed by atoms with E-state index in [2.05, 4.69) is 0 Å². The van der Waals surface area contributed by atoms with Gasteiger partial charge in [-0.1, -0.05) is 12.1 Å². The monoisotopic (exact) mass is 209 g/mol. The molecule has 3 heteroatoms. The maximum Gasteiger partial charge on any atom is 0.119 e. The molecule has 1 aromatic carbocycles. The van der Waals surface area contributed by atoms with Crippen LogP contribution in [0.2, 0.25) is 0 Å². The van der Waals surface area contributed by atoms with Crippen LogP contribution in [0, 0.1) is 0 Å². The van der Waals surface area contributed by atoms with E-state index in [-0.39, 0.29) is 12.5 Å². The Balaban J connectivity index is 2.77. The number of nitrogens with two attached hydrogens (primary N) is 1. The van der Waals surface area contributed by atoms with Crippen LogP contribution in [0.25, 0.3) is 0 Å². The van der Waals surface area contributed by atoms with Gasteiger partial charge in [-0.2, -0.15) is 0 Å². The first-order valence-electron chi connectivity index (χ1n) is 5.35. The molecule has 0 bridgehead atoms. The Hall–Kier alpha value is -1.06. The molecule has 1 atom stereocenters. The Morgan fingerprint density at radius 3 is 2.87 bits per heavy atom. The summed E-state index contributed by atoms with van der Waals surface area (Å²) in [5.41, 5.74) is 6.80. The Bertz CT molecular complexity index is 289. The van der Waals surface area contributed by atoms with E-state index in [1.165, 1.54) is 0 Å². The van der Waals surface area contributed by atoms with Gasteiger partial charge in [0.25, 0.3) is 0 Å². The molecular weight excluding hydrogens is 190 g/mol. The maximum absolute atomic E-state index is 8.91. The lowest BCUT2D eigenvalue weighted by atomic mass is 9.96. The van der Waals surface area contributed by atoms with Gasteiger partial charge in [0.2, 0.25) is 0 Å². The number of rotatable bonds is 6. The van der Waals surface area contributed by atoms with Crippen LogP contribution in [0.5, 0.6) is 5.75 Å². The van der Waals surface area contributed by atoms with Crippen molar-refractivity contribution in [3.8, 4) is 5.75 Å². The van der Waals surface area contributed by atoms with Crippen LogP contribution in [-0.2, 0) is 0 Å². The molecule has 0 heterocycles. The molecule has 0 spiro atoms. The smallest absolute Gasteiger partial charge is 0.119 e. The second-order valence-corrected chi connectivity index (χ2v) is 3.45. The highest BCUT2D eigenvalue weighted by atomic mass is 16.5. The quantitative estimate of drug-likeness (QED) is 0.746. The number of aliphatic hydroxyl groups excluding tert-OH is 1.